The van der Waals surface area contributed by atoms with Crippen molar-refractivity contribution in [3.05, 3.63) is 0 Å². The van der Waals surface area contributed by atoms with E-state index in [0.29, 0.717) is 15.1 Å². The van der Waals surface area contributed by atoms with E-state index in [1.807, 2.05) is 0 Å². The Labute approximate surface area is 83.0 Å². The Balaban J connectivity index is 3.34. The molecule has 0 aromatic carbocycles. The Kier molecular flexibility index (Phi) is 4.08. The summed E-state index contributed by atoms with van der Waals surface area (Å²) in [6, 6.07) is 0. The van der Waals surface area contributed by atoms with E-state index in [2.05, 4.69) is 9.35 Å². The molecular formula is C4H9F3N3OP3. The smallest absolute Gasteiger partial charge is 0.277 e. The summed E-state index contributed by atoms with van der Waals surface area (Å²) < 4.78 is 44.0. The van der Waals surface area contributed by atoms with Gasteiger partial charge in [0.15, 0.2) is 7.85 Å². The third-order valence-electron chi connectivity index (χ3n) is 1.35. The van der Waals surface area contributed by atoms with Crippen LogP contribution in [-0.2, 0) is 12.5 Å². The maximum atomic E-state index is 12.6. The van der Waals surface area contributed by atoms with Gasteiger partial charge in [-0.1, -0.05) is 0 Å². The molecule has 2 atom stereocenters. The minimum Gasteiger partial charge on any atom is -0.277 e. The van der Waals surface area contributed by atoms with Crippen molar-refractivity contribution in [2.24, 2.45) is 0 Å². The molecule has 0 saturated heterocycles. The maximum absolute atomic E-state index is 12.6. The molecule has 0 radical (unpaired) electrons. The Morgan fingerprint density at radius 3 is 2.64 bits per heavy atom. The Bertz CT molecular complexity index is 311. The second-order valence-electron chi connectivity index (χ2n) is 2.19. The van der Waals surface area contributed by atoms with Gasteiger partial charge in [0.2, 0.25) is 0 Å². The summed E-state index contributed by atoms with van der Waals surface area (Å²) in [5.74, 6) is -4.25. The molecule has 0 amide bonds. The standard InChI is InChI=1S/C4H9F3N3OP3/c1-3-9-12-8-13-10(11-2)14(9)4(5,6)7/h13H,3H2,1-2H3. The maximum Gasteiger partial charge on any atom is 0.461 e. The zero-order chi connectivity index (χ0) is 10.8. The fraction of sp³-hybridized carbons (Fsp3) is 1.00. The molecule has 0 fully saturated rings. The molecule has 4 nitrogen and oxygen atoms in total. The zero-order valence-corrected chi connectivity index (χ0v) is 10.3. The second-order valence-corrected chi connectivity index (χ2v) is 6.88. The SMILES string of the molecule is CCn1pn[pH]n(OC)p1C(F)(F)F. The molecule has 10 heteroatoms. The van der Waals surface area contributed by atoms with Crippen molar-refractivity contribution in [1.82, 2.24) is 12.9 Å². The van der Waals surface area contributed by atoms with E-state index >= 15 is 0 Å². The quantitative estimate of drug-likeness (QED) is 0.823. The first kappa shape index (κ1) is 12.1. The Hall–Kier alpha value is 0.0500. The molecule has 0 aliphatic carbocycles. The first-order valence-corrected chi connectivity index (χ1v) is 6.59. The van der Waals surface area contributed by atoms with Crippen LogP contribution in [0.4, 0.5) is 13.2 Å². The fourth-order valence-corrected chi connectivity index (χ4v) is 5.77. The normalized spacial score (nSPS) is 14.2. The van der Waals surface area contributed by atoms with Gasteiger partial charge in [0, 0.05) is 6.54 Å². The van der Waals surface area contributed by atoms with E-state index in [-0.39, 0.29) is 8.51 Å². The average Bonchev–Trinajstić information content (AvgIpc) is 2.15. The highest BCUT2D eigenvalue weighted by Gasteiger charge is 2.37. The number of hydrogen-bond donors (Lipinski definition) is 0. The van der Waals surface area contributed by atoms with E-state index in [1.165, 1.54) is 11.2 Å². The number of aromatic nitrogens is 3. The number of halogens is 3. The van der Waals surface area contributed by atoms with Crippen LogP contribution in [0, 0.1) is 0 Å². The second kappa shape index (κ2) is 4.71. The number of nitrogens with zero attached hydrogens (tertiary/aromatic N) is 3. The third-order valence-corrected chi connectivity index (χ3v) is 6.18. The van der Waals surface area contributed by atoms with Crippen LogP contribution in [0.1, 0.15) is 6.92 Å². The zero-order valence-electron chi connectivity index (χ0n) is 7.49. The highest BCUT2D eigenvalue weighted by atomic mass is 31.2. The van der Waals surface area contributed by atoms with Crippen LogP contribution in [-0.4, -0.2) is 20.0 Å². The van der Waals surface area contributed by atoms with E-state index in [9.17, 15) is 13.2 Å². The molecule has 0 aliphatic heterocycles. The van der Waals surface area contributed by atoms with Gasteiger partial charge in [-0.05, 0) is 6.92 Å². The van der Waals surface area contributed by atoms with Crippen LogP contribution < -0.4 is 4.84 Å². The number of hydrogen-bond acceptors (Lipinski definition) is 2. The van der Waals surface area contributed by atoms with E-state index in [0.717, 1.165) is 4.26 Å². The lowest BCUT2D eigenvalue weighted by atomic mass is 10.8. The first-order valence-electron chi connectivity index (χ1n) is 3.65. The monoisotopic (exact) mass is 265 g/mol. The van der Waals surface area contributed by atoms with E-state index < -0.39 is 13.8 Å². The molecule has 0 N–H and O–H groups in total. The first-order chi connectivity index (χ1) is 6.50. The van der Waals surface area contributed by atoms with E-state index in [1.54, 1.807) is 6.92 Å². The molecule has 2 unspecified atom stereocenters. The van der Waals surface area contributed by atoms with Crippen molar-refractivity contribution in [3.63, 3.8) is 0 Å². The lowest BCUT2D eigenvalue weighted by Gasteiger charge is -2.17. The van der Waals surface area contributed by atoms with Crippen LogP contribution in [0.2, 0.25) is 0 Å². The van der Waals surface area contributed by atoms with Crippen LogP contribution in [0.3, 0.4) is 0 Å². The van der Waals surface area contributed by atoms with Gasteiger partial charge >= 0.3 is 5.92 Å². The fourth-order valence-electron chi connectivity index (χ4n) is 0.833. The van der Waals surface area contributed by atoms with E-state index in [4.69, 9.17) is 0 Å². The summed E-state index contributed by atoms with van der Waals surface area (Å²) in [7, 11) is -1.04. The molecule has 1 aromatic heterocycles. The van der Waals surface area contributed by atoms with Crippen molar-refractivity contribution >= 4 is 24.9 Å². The average molecular weight is 265 g/mol. The van der Waals surface area contributed by atoms with Crippen LogP contribution in [0.15, 0.2) is 0 Å². The number of alkyl halides is 3. The van der Waals surface area contributed by atoms with Crippen LogP contribution in [0.25, 0.3) is 0 Å². The predicted octanol–water partition coefficient (Wildman–Crippen LogP) is 2.96. The highest BCUT2D eigenvalue weighted by molar-refractivity contribution is 7.54. The predicted molar refractivity (Wildman–Crippen MR) is 52.0 cm³/mol. The summed E-state index contributed by atoms with van der Waals surface area (Å²) in [4.78, 5) is 4.68. The van der Waals surface area contributed by atoms with Gasteiger partial charge < -0.3 is 0 Å². The van der Waals surface area contributed by atoms with Crippen molar-refractivity contribution in [1.29, 1.82) is 0 Å². The van der Waals surface area contributed by atoms with Gasteiger partial charge in [-0.3, -0.25) is 8.93 Å². The largest absolute Gasteiger partial charge is 0.461 e. The molecule has 1 rings (SSSR count). The lowest BCUT2D eigenvalue weighted by molar-refractivity contribution is -0.0898. The van der Waals surface area contributed by atoms with Crippen molar-refractivity contribution in [3.8, 4) is 0 Å². The molecule has 14 heavy (non-hydrogen) atoms. The summed E-state index contributed by atoms with van der Waals surface area (Å²) in [5, 5.41) is 0. The molecule has 1 aromatic rings. The van der Waals surface area contributed by atoms with Gasteiger partial charge in [-0.15, -0.1) is 0 Å². The summed E-state index contributed by atoms with van der Waals surface area (Å²) in [6.45, 7) is 1.98. The van der Waals surface area contributed by atoms with Crippen LogP contribution >= 0.6 is 24.9 Å². The summed E-state index contributed by atoms with van der Waals surface area (Å²) in [5.41, 5.74) is 0. The van der Waals surface area contributed by atoms with Crippen LogP contribution in [0.5, 0.6) is 0 Å². The van der Waals surface area contributed by atoms with Gasteiger partial charge in [0.05, 0.1) is 15.6 Å². The molecule has 0 saturated carbocycles. The highest BCUT2D eigenvalue weighted by Crippen LogP contribution is 2.49. The lowest BCUT2D eigenvalue weighted by Crippen LogP contribution is -2.12. The molecule has 82 valence electrons. The molecular weight excluding hydrogens is 256 g/mol. The van der Waals surface area contributed by atoms with Gasteiger partial charge in [-0.25, -0.2) is 0 Å². The molecule has 0 bridgehead atoms. The third kappa shape index (κ3) is 2.54. The van der Waals surface area contributed by atoms with Crippen molar-refractivity contribution in [2.75, 3.05) is 7.11 Å². The Morgan fingerprint density at radius 2 is 2.21 bits per heavy atom. The molecule has 0 aliphatic rings. The van der Waals surface area contributed by atoms with Gasteiger partial charge in [0.25, 0.3) is 0 Å². The summed E-state index contributed by atoms with van der Waals surface area (Å²) >= 11 is 0. The molecule has 1 heterocycles. The molecule has 0 spiro atoms. The Morgan fingerprint density at radius 1 is 1.57 bits per heavy atom. The number of aryl methyl sites for hydroxylation is 1. The summed E-state index contributed by atoms with van der Waals surface area (Å²) in [6.07, 6.45) is 0. The van der Waals surface area contributed by atoms with Gasteiger partial charge in [0.1, 0.15) is 8.51 Å². The van der Waals surface area contributed by atoms with Gasteiger partial charge in [-0.2, -0.15) is 21.9 Å². The number of rotatable bonds is 2. The minimum absolute atomic E-state index is 0.273. The van der Waals surface area contributed by atoms with Crippen molar-refractivity contribution in [2.45, 2.75) is 19.4 Å². The topological polar surface area (TPSA) is 32.0 Å². The van der Waals surface area contributed by atoms with Crippen molar-refractivity contribution < 1.29 is 18.0 Å². The minimum atomic E-state index is -4.25.